The van der Waals surface area contributed by atoms with Gasteiger partial charge in [0.15, 0.2) is 17.5 Å². The highest BCUT2D eigenvalue weighted by atomic mass is 79.9. The Hall–Kier alpha value is -1.58. The summed E-state index contributed by atoms with van der Waals surface area (Å²) in [5, 5.41) is 4.83. The van der Waals surface area contributed by atoms with Crippen molar-refractivity contribution in [2.45, 2.75) is 58.6 Å². The fourth-order valence-corrected chi connectivity index (χ4v) is 5.77. The molecule has 0 aliphatic heterocycles. The van der Waals surface area contributed by atoms with E-state index in [9.17, 15) is 8.78 Å². The van der Waals surface area contributed by atoms with E-state index in [1.165, 1.54) is 18.2 Å². The first-order chi connectivity index (χ1) is 14.6. The predicted octanol–water partition coefficient (Wildman–Crippen LogP) is 5.90. The van der Waals surface area contributed by atoms with Crippen molar-refractivity contribution in [3.63, 3.8) is 0 Å². The van der Waals surface area contributed by atoms with Crippen LogP contribution in [-0.4, -0.2) is 34.4 Å². The quantitative estimate of drug-likeness (QED) is 0.256. The molecular formula is C22H27BrF2N4OSi. The molecule has 2 aromatic heterocycles. The van der Waals surface area contributed by atoms with E-state index in [1.54, 1.807) is 0 Å². The van der Waals surface area contributed by atoms with Crippen LogP contribution < -0.4 is 0 Å². The van der Waals surface area contributed by atoms with Crippen LogP contribution in [0.15, 0.2) is 10.5 Å². The zero-order valence-electron chi connectivity index (χ0n) is 18.3. The third kappa shape index (κ3) is 3.78. The molecule has 2 aliphatic rings. The Kier molecular flexibility index (Phi) is 4.95. The van der Waals surface area contributed by atoms with Crippen LogP contribution in [0.3, 0.4) is 0 Å². The van der Waals surface area contributed by atoms with Crippen LogP contribution >= 0.6 is 15.9 Å². The monoisotopic (exact) mass is 508 g/mol. The zero-order chi connectivity index (χ0) is 22.1. The number of rotatable bonds is 6. The second kappa shape index (κ2) is 7.21. The number of aromatic amines is 1. The lowest BCUT2D eigenvalue weighted by molar-refractivity contribution is 0.0757. The van der Waals surface area contributed by atoms with Gasteiger partial charge in [0.05, 0.1) is 9.99 Å². The molecule has 0 bridgehead atoms. The van der Waals surface area contributed by atoms with Crippen LogP contribution in [0.25, 0.3) is 22.6 Å². The van der Waals surface area contributed by atoms with Gasteiger partial charge in [0.1, 0.15) is 17.9 Å². The Labute approximate surface area is 189 Å². The van der Waals surface area contributed by atoms with Gasteiger partial charge in [-0.25, -0.2) is 18.4 Å². The average Bonchev–Trinajstić information content (AvgIpc) is 3.00. The normalized spacial score (nSPS) is 22.6. The minimum Gasteiger partial charge on any atom is -0.360 e. The fourth-order valence-electron chi connectivity index (χ4n) is 4.61. The Morgan fingerprint density at radius 3 is 2.84 bits per heavy atom. The highest BCUT2D eigenvalue weighted by Gasteiger charge is 2.54. The van der Waals surface area contributed by atoms with Crippen molar-refractivity contribution in [3.05, 3.63) is 33.4 Å². The van der Waals surface area contributed by atoms with E-state index < -0.39 is 19.7 Å². The van der Waals surface area contributed by atoms with Gasteiger partial charge in [0.2, 0.25) is 0 Å². The van der Waals surface area contributed by atoms with Gasteiger partial charge in [-0.1, -0.05) is 26.6 Å². The number of H-pyrrole nitrogens is 1. The molecule has 2 atom stereocenters. The number of nitrogens with one attached hydrogen (secondary N) is 1. The third-order valence-electron chi connectivity index (χ3n) is 6.77. The molecule has 0 amide bonds. The molecule has 5 nitrogen and oxygen atoms in total. The van der Waals surface area contributed by atoms with Crippen molar-refractivity contribution in [3.8, 4) is 11.5 Å². The van der Waals surface area contributed by atoms with E-state index in [1.807, 2.05) is 4.68 Å². The largest absolute Gasteiger partial charge is 0.360 e. The van der Waals surface area contributed by atoms with E-state index in [2.05, 4.69) is 52.5 Å². The number of benzene rings is 1. The molecule has 2 heterocycles. The molecule has 1 saturated carbocycles. The van der Waals surface area contributed by atoms with Crippen molar-refractivity contribution < 1.29 is 13.5 Å². The van der Waals surface area contributed by atoms with E-state index in [4.69, 9.17) is 9.84 Å². The molecule has 1 N–H and O–H groups in total. The summed E-state index contributed by atoms with van der Waals surface area (Å²) >= 11 is 3.07. The maximum Gasteiger partial charge on any atom is 0.187 e. The molecule has 1 fully saturated rings. The lowest BCUT2D eigenvalue weighted by Crippen LogP contribution is -2.23. The fraction of sp³-hybridized carbons (Fsp3) is 0.545. The first-order valence-corrected chi connectivity index (χ1v) is 15.3. The molecule has 0 saturated heterocycles. The van der Waals surface area contributed by atoms with Crippen molar-refractivity contribution >= 4 is 35.0 Å². The minimum absolute atomic E-state index is 0.00236. The van der Waals surface area contributed by atoms with Crippen molar-refractivity contribution in [2.24, 2.45) is 11.3 Å². The molecule has 31 heavy (non-hydrogen) atoms. The van der Waals surface area contributed by atoms with E-state index in [0.29, 0.717) is 29.4 Å². The number of nitrogens with zero attached hydrogens (tertiary/aromatic N) is 3. The molecule has 0 radical (unpaired) electrons. The summed E-state index contributed by atoms with van der Waals surface area (Å²) in [5.74, 6) is -0.753. The third-order valence-corrected chi connectivity index (χ3v) is 9.06. The minimum atomic E-state index is -1.16. The van der Waals surface area contributed by atoms with Gasteiger partial charge >= 0.3 is 0 Å². The smallest absolute Gasteiger partial charge is 0.187 e. The molecule has 0 unspecified atom stereocenters. The highest BCUT2D eigenvalue weighted by molar-refractivity contribution is 9.10. The summed E-state index contributed by atoms with van der Waals surface area (Å²) in [7, 11) is -1.16. The Balaban J connectivity index is 1.51. The summed E-state index contributed by atoms with van der Waals surface area (Å²) in [4.78, 5) is 7.54. The first-order valence-electron chi connectivity index (χ1n) is 10.8. The lowest BCUT2D eigenvalue weighted by atomic mass is 9.87. The Morgan fingerprint density at radius 1 is 1.32 bits per heavy atom. The van der Waals surface area contributed by atoms with Crippen molar-refractivity contribution in [1.29, 1.82) is 0 Å². The van der Waals surface area contributed by atoms with E-state index in [0.717, 1.165) is 36.8 Å². The standard InChI is InChI=1S/C22H27BrF2N4OSi/c1-22-9-12(22)7-13-16(10-22)29(11-30-5-6-31(2,3)4)28-19(13)21-26-15-8-14(23)17(24)18(25)20(15)27-21/h8,12H,5-7,9-11H2,1-4H3,(H,26,27)/t12-,22-/m1/s1. The first kappa shape index (κ1) is 21.3. The SMILES string of the molecule is C[C@@]12Cc3c(c(-c4nc5c(F)c(F)c(Br)cc5[nH]4)nn3COCC[Si](C)(C)C)C[C@@H]1C2. The maximum atomic E-state index is 14.4. The second-order valence-corrected chi connectivity index (χ2v) is 17.0. The molecule has 3 aromatic rings. The Bertz CT molecular complexity index is 1180. The number of halogens is 3. The number of fused-ring (bicyclic) bond motifs is 3. The molecule has 2 aliphatic carbocycles. The summed E-state index contributed by atoms with van der Waals surface area (Å²) in [5.41, 5.74) is 3.86. The molecule has 9 heteroatoms. The van der Waals surface area contributed by atoms with E-state index in [-0.39, 0.29) is 9.99 Å². The van der Waals surface area contributed by atoms with Crippen molar-refractivity contribution in [2.75, 3.05) is 6.61 Å². The van der Waals surface area contributed by atoms with Crippen LogP contribution in [0.4, 0.5) is 8.78 Å². The van der Waals surface area contributed by atoms with Crippen LogP contribution in [0, 0.1) is 23.0 Å². The summed E-state index contributed by atoms with van der Waals surface area (Å²) in [6, 6.07) is 2.62. The number of hydrogen-bond acceptors (Lipinski definition) is 3. The van der Waals surface area contributed by atoms with Gasteiger partial charge in [-0.15, -0.1) is 0 Å². The number of imidazole rings is 1. The number of aromatic nitrogens is 4. The Morgan fingerprint density at radius 2 is 2.10 bits per heavy atom. The highest BCUT2D eigenvalue weighted by Crippen LogP contribution is 2.60. The van der Waals surface area contributed by atoms with Crippen LogP contribution in [0.2, 0.25) is 25.7 Å². The van der Waals surface area contributed by atoms with Gasteiger partial charge in [0, 0.05) is 25.9 Å². The van der Waals surface area contributed by atoms with Gasteiger partial charge in [0.25, 0.3) is 0 Å². The molecular weight excluding hydrogens is 482 g/mol. The number of hydrogen-bond donors (Lipinski definition) is 1. The van der Waals surface area contributed by atoms with Gasteiger partial charge < -0.3 is 9.72 Å². The van der Waals surface area contributed by atoms with Crippen LogP contribution in [-0.2, 0) is 24.3 Å². The van der Waals surface area contributed by atoms with Crippen LogP contribution in [0.1, 0.15) is 24.6 Å². The van der Waals surface area contributed by atoms with Gasteiger partial charge in [-0.3, -0.25) is 0 Å². The topological polar surface area (TPSA) is 55.7 Å². The number of ether oxygens (including phenoxy) is 1. The predicted molar refractivity (Wildman–Crippen MR) is 123 cm³/mol. The lowest BCUT2D eigenvalue weighted by Gasteiger charge is -2.20. The molecule has 1 aromatic carbocycles. The molecule has 166 valence electrons. The summed E-state index contributed by atoms with van der Waals surface area (Å²) in [6.45, 7) is 10.5. The van der Waals surface area contributed by atoms with Crippen LogP contribution in [0.5, 0.6) is 0 Å². The maximum absolute atomic E-state index is 14.4. The molecule has 0 spiro atoms. The van der Waals surface area contributed by atoms with E-state index >= 15 is 0 Å². The average molecular weight is 509 g/mol. The zero-order valence-corrected chi connectivity index (χ0v) is 20.9. The van der Waals surface area contributed by atoms with Gasteiger partial charge in [-0.05, 0) is 58.6 Å². The van der Waals surface area contributed by atoms with Crippen molar-refractivity contribution in [1.82, 2.24) is 19.7 Å². The second-order valence-electron chi connectivity index (χ2n) is 10.5. The summed E-state index contributed by atoms with van der Waals surface area (Å²) in [6.07, 6.45) is 3.12. The summed E-state index contributed by atoms with van der Waals surface area (Å²) < 4.78 is 36.4. The van der Waals surface area contributed by atoms with Gasteiger partial charge in [-0.2, -0.15) is 5.10 Å². The molecule has 5 rings (SSSR count).